The number of nitrogens with two attached hydrogens (primary N) is 1. The van der Waals surface area contributed by atoms with Gasteiger partial charge >= 0.3 is 0 Å². The van der Waals surface area contributed by atoms with Crippen molar-refractivity contribution in [3.8, 4) is 0 Å². The highest BCUT2D eigenvalue weighted by Gasteiger charge is 2.05. The fourth-order valence-electron chi connectivity index (χ4n) is 1.31. The topological polar surface area (TPSA) is 63.8 Å². The van der Waals surface area contributed by atoms with Crippen LogP contribution < -0.4 is 11.1 Å². The Morgan fingerprint density at radius 2 is 2.36 bits per heavy atom. The first-order chi connectivity index (χ1) is 6.81. The summed E-state index contributed by atoms with van der Waals surface area (Å²) in [7, 11) is 0. The summed E-state index contributed by atoms with van der Waals surface area (Å²) in [4.78, 5) is 10.7. The van der Waals surface area contributed by atoms with Gasteiger partial charge in [-0.3, -0.25) is 0 Å². The van der Waals surface area contributed by atoms with Crippen molar-refractivity contribution in [1.29, 1.82) is 0 Å². The molecular weight excluding hydrogens is 196 g/mol. The molecule has 0 bridgehead atoms. The van der Waals surface area contributed by atoms with Crippen LogP contribution in [0.2, 0.25) is 0 Å². The second-order valence-electron chi connectivity index (χ2n) is 3.01. The number of nitrogens with zero attached hydrogens (tertiary/aromatic N) is 2. The van der Waals surface area contributed by atoms with Gasteiger partial charge in [0.05, 0.1) is 5.39 Å². The van der Waals surface area contributed by atoms with Crippen LogP contribution in [0.15, 0.2) is 12.4 Å². The van der Waals surface area contributed by atoms with E-state index in [-0.39, 0.29) is 0 Å². The Bertz CT molecular complexity index is 437. The summed E-state index contributed by atoms with van der Waals surface area (Å²) in [6.07, 6.45) is 1.58. The minimum atomic E-state index is 0.606. The lowest BCUT2D eigenvalue weighted by Crippen LogP contribution is -2.13. The molecule has 0 atom stereocenters. The average molecular weight is 208 g/mol. The van der Waals surface area contributed by atoms with Crippen molar-refractivity contribution in [2.24, 2.45) is 5.73 Å². The van der Waals surface area contributed by atoms with Crippen molar-refractivity contribution < 1.29 is 0 Å². The van der Waals surface area contributed by atoms with Crippen LogP contribution in [0.3, 0.4) is 0 Å². The Labute approximate surface area is 86.2 Å². The van der Waals surface area contributed by atoms with Crippen LogP contribution in [0, 0.1) is 6.92 Å². The molecule has 0 spiro atoms. The molecule has 2 aromatic heterocycles. The number of thiophene rings is 1. The molecule has 2 rings (SSSR count). The van der Waals surface area contributed by atoms with E-state index in [1.807, 2.05) is 0 Å². The van der Waals surface area contributed by atoms with E-state index in [0.717, 1.165) is 22.6 Å². The van der Waals surface area contributed by atoms with Gasteiger partial charge in [-0.1, -0.05) is 0 Å². The van der Waals surface area contributed by atoms with Crippen molar-refractivity contribution in [1.82, 2.24) is 9.97 Å². The summed E-state index contributed by atoms with van der Waals surface area (Å²) in [6, 6.07) is 2.10. The van der Waals surface area contributed by atoms with Gasteiger partial charge in [0.15, 0.2) is 0 Å². The number of aromatic nitrogens is 2. The fraction of sp³-hybridized carbons (Fsp3) is 0.333. The molecule has 74 valence electrons. The van der Waals surface area contributed by atoms with E-state index in [9.17, 15) is 0 Å². The van der Waals surface area contributed by atoms with E-state index in [1.165, 1.54) is 4.88 Å². The molecule has 0 radical (unpaired) electrons. The van der Waals surface area contributed by atoms with Gasteiger partial charge in [-0.05, 0) is 13.0 Å². The molecule has 0 aliphatic heterocycles. The lowest BCUT2D eigenvalue weighted by molar-refractivity contribution is 1.01. The third kappa shape index (κ3) is 1.69. The summed E-state index contributed by atoms with van der Waals surface area (Å²) >= 11 is 1.68. The van der Waals surface area contributed by atoms with E-state index in [2.05, 4.69) is 28.3 Å². The molecule has 0 amide bonds. The van der Waals surface area contributed by atoms with Gasteiger partial charge in [0.25, 0.3) is 0 Å². The summed E-state index contributed by atoms with van der Waals surface area (Å²) in [6.45, 7) is 3.41. The Morgan fingerprint density at radius 3 is 3.14 bits per heavy atom. The SMILES string of the molecule is Cc1cc2c(NCCN)ncnc2s1. The van der Waals surface area contributed by atoms with Gasteiger partial charge in [-0.2, -0.15) is 0 Å². The molecule has 5 heteroatoms. The van der Waals surface area contributed by atoms with Crippen LogP contribution in [0.4, 0.5) is 5.82 Å². The van der Waals surface area contributed by atoms with E-state index < -0.39 is 0 Å². The highest BCUT2D eigenvalue weighted by molar-refractivity contribution is 7.18. The van der Waals surface area contributed by atoms with Gasteiger partial charge in [0.1, 0.15) is 17.0 Å². The Morgan fingerprint density at radius 1 is 1.50 bits per heavy atom. The van der Waals surface area contributed by atoms with Gasteiger partial charge in [-0.25, -0.2) is 9.97 Å². The normalized spacial score (nSPS) is 10.7. The molecule has 14 heavy (non-hydrogen) atoms. The van der Waals surface area contributed by atoms with E-state index in [1.54, 1.807) is 17.7 Å². The quantitative estimate of drug-likeness (QED) is 0.799. The van der Waals surface area contributed by atoms with Crippen LogP contribution in [-0.4, -0.2) is 23.1 Å². The molecule has 4 nitrogen and oxygen atoms in total. The Hall–Kier alpha value is -1.20. The molecular formula is C9H12N4S. The van der Waals surface area contributed by atoms with Gasteiger partial charge in [-0.15, -0.1) is 11.3 Å². The van der Waals surface area contributed by atoms with Gasteiger partial charge < -0.3 is 11.1 Å². The lowest BCUT2D eigenvalue weighted by atomic mass is 10.3. The molecule has 0 fully saturated rings. The van der Waals surface area contributed by atoms with E-state index in [0.29, 0.717) is 6.54 Å². The van der Waals surface area contributed by atoms with Crippen molar-refractivity contribution >= 4 is 27.4 Å². The molecule has 2 aromatic rings. The molecule has 0 aromatic carbocycles. The minimum Gasteiger partial charge on any atom is -0.368 e. The summed E-state index contributed by atoms with van der Waals surface area (Å²) in [5.74, 6) is 0.879. The zero-order valence-corrected chi connectivity index (χ0v) is 8.77. The predicted molar refractivity (Wildman–Crippen MR) is 59.7 cm³/mol. The van der Waals surface area contributed by atoms with Gasteiger partial charge in [0.2, 0.25) is 0 Å². The highest BCUT2D eigenvalue weighted by atomic mass is 32.1. The van der Waals surface area contributed by atoms with Crippen LogP contribution >= 0.6 is 11.3 Å². The minimum absolute atomic E-state index is 0.606. The van der Waals surface area contributed by atoms with Crippen LogP contribution in [-0.2, 0) is 0 Å². The second kappa shape index (κ2) is 3.89. The first-order valence-electron chi connectivity index (χ1n) is 4.46. The molecule has 0 unspecified atom stereocenters. The lowest BCUT2D eigenvalue weighted by Gasteiger charge is -2.03. The third-order valence-corrected chi connectivity index (χ3v) is 2.85. The van der Waals surface area contributed by atoms with Crippen molar-refractivity contribution in [2.75, 3.05) is 18.4 Å². The largest absolute Gasteiger partial charge is 0.368 e. The zero-order valence-electron chi connectivity index (χ0n) is 7.95. The van der Waals surface area contributed by atoms with Crippen LogP contribution in [0.1, 0.15) is 4.88 Å². The highest BCUT2D eigenvalue weighted by Crippen LogP contribution is 2.26. The van der Waals surface area contributed by atoms with Crippen molar-refractivity contribution in [2.45, 2.75) is 6.92 Å². The van der Waals surface area contributed by atoms with Crippen molar-refractivity contribution in [3.05, 3.63) is 17.3 Å². The molecule has 0 saturated heterocycles. The first kappa shape index (κ1) is 9.36. The number of rotatable bonds is 3. The number of hydrogen-bond acceptors (Lipinski definition) is 5. The standard InChI is InChI=1S/C9H12N4S/c1-6-4-7-8(11-3-2-10)12-5-13-9(7)14-6/h4-5H,2-3,10H2,1H3,(H,11,12,13). The summed E-state index contributed by atoms with van der Waals surface area (Å²) in [5, 5.41) is 4.27. The number of anilines is 1. The Balaban J connectivity index is 2.42. The van der Waals surface area contributed by atoms with E-state index in [4.69, 9.17) is 5.73 Å². The van der Waals surface area contributed by atoms with Crippen molar-refractivity contribution in [3.63, 3.8) is 0 Å². The first-order valence-corrected chi connectivity index (χ1v) is 5.28. The molecule has 2 heterocycles. The molecule has 3 N–H and O–H groups in total. The number of fused-ring (bicyclic) bond motifs is 1. The monoisotopic (exact) mass is 208 g/mol. The maximum absolute atomic E-state index is 5.42. The zero-order chi connectivity index (χ0) is 9.97. The average Bonchev–Trinajstić information content (AvgIpc) is 2.55. The summed E-state index contributed by atoms with van der Waals surface area (Å²) < 4.78 is 0. The Kier molecular flexibility index (Phi) is 2.60. The maximum atomic E-state index is 5.42. The van der Waals surface area contributed by atoms with Crippen LogP contribution in [0.25, 0.3) is 10.2 Å². The number of nitrogens with one attached hydrogen (secondary N) is 1. The van der Waals surface area contributed by atoms with E-state index >= 15 is 0 Å². The van der Waals surface area contributed by atoms with Gasteiger partial charge in [0, 0.05) is 18.0 Å². The maximum Gasteiger partial charge on any atom is 0.138 e. The second-order valence-corrected chi connectivity index (χ2v) is 4.25. The fourth-order valence-corrected chi connectivity index (χ4v) is 2.15. The third-order valence-electron chi connectivity index (χ3n) is 1.89. The molecule has 0 aliphatic carbocycles. The number of hydrogen-bond donors (Lipinski definition) is 2. The summed E-state index contributed by atoms with van der Waals surface area (Å²) in [5.41, 5.74) is 5.42. The number of aryl methyl sites for hydroxylation is 1. The van der Waals surface area contributed by atoms with Crippen LogP contribution in [0.5, 0.6) is 0 Å². The molecule has 0 saturated carbocycles. The predicted octanol–water partition coefficient (Wildman–Crippen LogP) is 1.37. The smallest absolute Gasteiger partial charge is 0.138 e. The molecule has 0 aliphatic rings.